The van der Waals surface area contributed by atoms with Gasteiger partial charge in [-0.2, -0.15) is 4.37 Å². The highest BCUT2D eigenvalue weighted by Gasteiger charge is 2.25. The predicted octanol–water partition coefficient (Wildman–Crippen LogP) is 3.23. The van der Waals surface area contributed by atoms with Crippen LogP contribution in [0.3, 0.4) is 0 Å². The van der Waals surface area contributed by atoms with E-state index in [4.69, 9.17) is 0 Å². The van der Waals surface area contributed by atoms with E-state index in [2.05, 4.69) is 15.3 Å². The zero-order chi connectivity index (χ0) is 19.0. The monoisotopic (exact) mass is 384 g/mol. The second-order valence-electron chi connectivity index (χ2n) is 6.24. The SMILES string of the molecule is O=C(O)c1cc([N+](=O)[O-])ccc1N1CCN(c2nsc3ccccc23)CC1. The van der Waals surface area contributed by atoms with Crippen LogP contribution in [-0.4, -0.2) is 46.6 Å². The molecular weight excluding hydrogens is 368 g/mol. The lowest BCUT2D eigenvalue weighted by Crippen LogP contribution is -2.47. The largest absolute Gasteiger partial charge is 0.478 e. The summed E-state index contributed by atoms with van der Waals surface area (Å²) in [5.41, 5.74) is 0.247. The van der Waals surface area contributed by atoms with Crippen LogP contribution < -0.4 is 9.80 Å². The van der Waals surface area contributed by atoms with E-state index in [1.165, 1.54) is 23.7 Å². The van der Waals surface area contributed by atoms with E-state index in [1.54, 1.807) is 0 Å². The van der Waals surface area contributed by atoms with E-state index >= 15 is 0 Å². The Bertz CT molecular complexity index is 1030. The van der Waals surface area contributed by atoms with Crippen molar-refractivity contribution in [2.24, 2.45) is 0 Å². The molecule has 0 aliphatic carbocycles. The Morgan fingerprint density at radius 2 is 1.81 bits per heavy atom. The lowest BCUT2D eigenvalue weighted by molar-refractivity contribution is -0.384. The van der Waals surface area contributed by atoms with Crippen molar-refractivity contribution < 1.29 is 14.8 Å². The molecule has 1 saturated heterocycles. The highest BCUT2D eigenvalue weighted by Crippen LogP contribution is 2.31. The van der Waals surface area contributed by atoms with Crippen molar-refractivity contribution in [1.82, 2.24) is 4.37 Å². The average Bonchev–Trinajstić information content (AvgIpc) is 3.11. The molecule has 1 aliphatic rings. The van der Waals surface area contributed by atoms with Crippen LogP contribution in [-0.2, 0) is 0 Å². The number of aromatic nitrogens is 1. The first-order valence-corrected chi connectivity index (χ1v) is 9.18. The first-order chi connectivity index (χ1) is 13.0. The molecule has 2 heterocycles. The minimum Gasteiger partial charge on any atom is -0.478 e. The van der Waals surface area contributed by atoms with Crippen LogP contribution in [0.4, 0.5) is 17.2 Å². The van der Waals surface area contributed by atoms with Crippen LogP contribution in [0, 0.1) is 10.1 Å². The molecule has 138 valence electrons. The van der Waals surface area contributed by atoms with E-state index in [-0.39, 0.29) is 11.3 Å². The van der Waals surface area contributed by atoms with Crippen molar-refractivity contribution in [3.05, 3.63) is 58.1 Å². The first-order valence-electron chi connectivity index (χ1n) is 8.40. The number of fused-ring (bicyclic) bond motifs is 1. The van der Waals surface area contributed by atoms with Crippen LogP contribution in [0.2, 0.25) is 0 Å². The van der Waals surface area contributed by atoms with Crippen molar-refractivity contribution in [2.75, 3.05) is 36.0 Å². The third-order valence-electron chi connectivity index (χ3n) is 4.70. The van der Waals surface area contributed by atoms with Crippen molar-refractivity contribution in [2.45, 2.75) is 0 Å². The normalized spacial score (nSPS) is 14.5. The number of hydrogen-bond donors (Lipinski definition) is 1. The van der Waals surface area contributed by atoms with E-state index in [0.29, 0.717) is 31.9 Å². The van der Waals surface area contributed by atoms with Crippen LogP contribution in [0.1, 0.15) is 10.4 Å². The molecule has 0 atom stereocenters. The third-order valence-corrected chi connectivity index (χ3v) is 5.52. The van der Waals surface area contributed by atoms with Crippen molar-refractivity contribution in [3.8, 4) is 0 Å². The topological polar surface area (TPSA) is 99.8 Å². The zero-order valence-electron chi connectivity index (χ0n) is 14.2. The number of rotatable bonds is 4. The van der Waals surface area contributed by atoms with Gasteiger partial charge in [0.25, 0.3) is 5.69 Å². The standard InChI is InChI=1S/C18H16N4O4S/c23-18(24)14-11-12(22(25)26)5-6-15(14)20-7-9-21(10-8-20)17-13-3-1-2-4-16(13)27-19-17/h1-6,11H,7-10H2,(H,23,24). The number of hydrogen-bond acceptors (Lipinski definition) is 7. The van der Waals surface area contributed by atoms with Gasteiger partial charge >= 0.3 is 5.97 Å². The Morgan fingerprint density at radius 1 is 1.11 bits per heavy atom. The number of carboxylic acids is 1. The number of carbonyl (C=O) groups is 1. The summed E-state index contributed by atoms with van der Waals surface area (Å²) in [6.07, 6.45) is 0. The molecule has 9 heteroatoms. The maximum absolute atomic E-state index is 11.6. The summed E-state index contributed by atoms with van der Waals surface area (Å²) < 4.78 is 5.71. The second-order valence-corrected chi connectivity index (χ2v) is 7.05. The van der Waals surface area contributed by atoms with Gasteiger partial charge in [-0.1, -0.05) is 12.1 Å². The van der Waals surface area contributed by atoms with Crippen molar-refractivity contribution in [3.63, 3.8) is 0 Å². The van der Waals surface area contributed by atoms with Gasteiger partial charge in [-0.3, -0.25) is 10.1 Å². The van der Waals surface area contributed by atoms with Crippen molar-refractivity contribution in [1.29, 1.82) is 0 Å². The van der Waals surface area contributed by atoms with Gasteiger partial charge in [-0.25, -0.2) is 4.79 Å². The predicted molar refractivity (Wildman–Crippen MR) is 104 cm³/mol. The number of anilines is 2. The maximum atomic E-state index is 11.6. The molecule has 0 amide bonds. The average molecular weight is 384 g/mol. The number of piperazine rings is 1. The molecule has 2 aromatic carbocycles. The quantitative estimate of drug-likeness (QED) is 0.544. The van der Waals surface area contributed by atoms with E-state index in [1.807, 2.05) is 23.1 Å². The van der Waals surface area contributed by atoms with E-state index in [0.717, 1.165) is 22.0 Å². The van der Waals surface area contributed by atoms with Crippen LogP contribution in [0.15, 0.2) is 42.5 Å². The van der Waals surface area contributed by atoms with Gasteiger partial charge < -0.3 is 14.9 Å². The second kappa shape index (κ2) is 6.84. The number of benzene rings is 2. The molecule has 1 aromatic heterocycles. The Balaban J connectivity index is 1.56. The molecule has 0 bridgehead atoms. The van der Waals surface area contributed by atoms with Crippen LogP contribution in [0.5, 0.6) is 0 Å². The molecule has 1 aliphatic heterocycles. The molecule has 3 aromatic rings. The molecule has 27 heavy (non-hydrogen) atoms. The number of aromatic carboxylic acids is 1. The fraction of sp³-hybridized carbons (Fsp3) is 0.222. The molecule has 0 unspecified atom stereocenters. The van der Waals surface area contributed by atoms with Crippen LogP contribution >= 0.6 is 11.5 Å². The molecule has 1 fully saturated rings. The Labute approximate surface area is 158 Å². The Kier molecular flexibility index (Phi) is 4.36. The summed E-state index contributed by atoms with van der Waals surface area (Å²) in [5, 5.41) is 21.5. The van der Waals surface area contributed by atoms with Crippen LogP contribution in [0.25, 0.3) is 10.1 Å². The summed E-state index contributed by atoms with van der Waals surface area (Å²) >= 11 is 1.47. The molecule has 4 rings (SSSR count). The number of nitro groups is 1. The summed E-state index contributed by atoms with van der Waals surface area (Å²) in [6, 6.07) is 12.1. The summed E-state index contributed by atoms with van der Waals surface area (Å²) in [5.74, 6) is -0.209. The number of carboxylic acid groups (broad SMARTS) is 1. The molecule has 1 N–H and O–H groups in total. The Hall–Kier alpha value is -3.20. The molecule has 0 spiro atoms. The fourth-order valence-electron chi connectivity index (χ4n) is 3.34. The fourth-order valence-corrected chi connectivity index (χ4v) is 4.14. The van der Waals surface area contributed by atoms with Gasteiger partial charge in [-0.15, -0.1) is 0 Å². The lowest BCUT2D eigenvalue weighted by Gasteiger charge is -2.36. The Morgan fingerprint density at radius 3 is 2.52 bits per heavy atom. The summed E-state index contributed by atoms with van der Waals surface area (Å²) in [7, 11) is 0. The maximum Gasteiger partial charge on any atom is 0.338 e. The van der Waals surface area contributed by atoms with Gasteiger partial charge in [0.15, 0.2) is 0 Å². The van der Waals surface area contributed by atoms with Gasteiger partial charge in [0.05, 0.1) is 20.9 Å². The minimum absolute atomic E-state index is 0.0447. The van der Waals surface area contributed by atoms with Crippen molar-refractivity contribution >= 4 is 44.8 Å². The summed E-state index contributed by atoms with van der Waals surface area (Å²) in [6.45, 7) is 2.63. The zero-order valence-corrected chi connectivity index (χ0v) is 15.1. The highest BCUT2D eigenvalue weighted by atomic mass is 32.1. The van der Waals surface area contributed by atoms with Gasteiger partial charge in [-0.05, 0) is 29.7 Å². The van der Waals surface area contributed by atoms with E-state index in [9.17, 15) is 20.0 Å². The minimum atomic E-state index is -1.17. The van der Waals surface area contributed by atoms with Gasteiger partial charge in [0.1, 0.15) is 5.82 Å². The number of nitro benzene ring substituents is 1. The lowest BCUT2D eigenvalue weighted by atomic mass is 10.1. The highest BCUT2D eigenvalue weighted by molar-refractivity contribution is 7.13. The number of non-ortho nitro benzene ring substituents is 1. The van der Waals surface area contributed by atoms with Gasteiger partial charge in [0, 0.05) is 43.7 Å². The smallest absolute Gasteiger partial charge is 0.338 e. The molecule has 0 saturated carbocycles. The first kappa shape index (κ1) is 17.2. The third kappa shape index (κ3) is 3.17. The van der Waals surface area contributed by atoms with Gasteiger partial charge in [0.2, 0.25) is 0 Å². The molecule has 8 nitrogen and oxygen atoms in total. The number of nitrogens with zero attached hydrogens (tertiary/aromatic N) is 4. The molecule has 0 radical (unpaired) electrons. The summed E-state index contributed by atoms with van der Waals surface area (Å²) in [4.78, 5) is 26.1. The van der Waals surface area contributed by atoms with E-state index < -0.39 is 10.9 Å². The molecular formula is C18H16N4O4S.